The molecular formula is C14H19NO4S. The highest BCUT2D eigenvalue weighted by atomic mass is 32.2. The number of nitrogens with zero attached hydrogens (tertiary/aromatic N) is 1. The summed E-state index contributed by atoms with van der Waals surface area (Å²) in [6.45, 7) is 2.68. The van der Waals surface area contributed by atoms with E-state index in [2.05, 4.69) is 4.98 Å². The number of hydrogen-bond acceptors (Lipinski definition) is 5. The minimum Gasteiger partial charge on any atom is -0.353 e. The zero-order chi connectivity index (χ0) is 14.4. The van der Waals surface area contributed by atoms with Crippen LogP contribution in [0.2, 0.25) is 0 Å². The predicted octanol–water partition coefficient (Wildman–Crippen LogP) is 2.30. The summed E-state index contributed by atoms with van der Waals surface area (Å²) < 4.78 is 35.1. The van der Waals surface area contributed by atoms with Crippen LogP contribution >= 0.6 is 0 Å². The van der Waals surface area contributed by atoms with Gasteiger partial charge in [-0.25, -0.2) is 13.4 Å². The molecule has 0 radical (unpaired) electrons. The number of pyridine rings is 1. The van der Waals surface area contributed by atoms with Gasteiger partial charge in [-0.05, 0) is 43.9 Å². The van der Waals surface area contributed by atoms with Crippen molar-refractivity contribution in [3.8, 4) is 0 Å². The maximum atomic E-state index is 12.1. The van der Waals surface area contributed by atoms with Crippen molar-refractivity contribution in [2.75, 3.05) is 13.2 Å². The van der Waals surface area contributed by atoms with E-state index in [0.717, 1.165) is 19.3 Å². The third-order valence-electron chi connectivity index (χ3n) is 2.92. The summed E-state index contributed by atoms with van der Waals surface area (Å²) in [6.07, 6.45) is 4.25. The molecule has 110 valence electrons. The normalized spacial score (nSPS) is 20.9. The Morgan fingerprint density at radius 3 is 3.00 bits per heavy atom. The van der Waals surface area contributed by atoms with Gasteiger partial charge in [0.1, 0.15) is 0 Å². The van der Waals surface area contributed by atoms with Crippen LogP contribution in [0.15, 0.2) is 40.4 Å². The quantitative estimate of drug-likeness (QED) is 0.834. The third-order valence-corrected chi connectivity index (χ3v) is 4.46. The Morgan fingerprint density at radius 1 is 1.50 bits per heavy atom. The molecule has 1 aliphatic heterocycles. The highest BCUT2D eigenvalue weighted by Gasteiger charge is 2.16. The molecule has 1 unspecified atom stereocenters. The Balaban J connectivity index is 1.95. The van der Waals surface area contributed by atoms with Gasteiger partial charge in [-0.1, -0.05) is 6.07 Å². The first kappa shape index (κ1) is 15.2. The Kier molecular flexibility index (Phi) is 5.28. The number of ether oxygens (including phenoxy) is 2. The molecule has 2 rings (SSSR count). The van der Waals surface area contributed by atoms with Gasteiger partial charge in [-0.15, -0.1) is 0 Å². The molecule has 1 aromatic rings. The van der Waals surface area contributed by atoms with Crippen molar-refractivity contribution >= 4 is 9.84 Å². The maximum absolute atomic E-state index is 12.1. The minimum absolute atomic E-state index is 0.0493. The smallest absolute Gasteiger partial charge is 0.217 e. The Morgan fingerprint density at radius 2 is 2.35 bits per heavy atom. The maximum Gasteiger partial charge on any atom is 0.217 e. The Bertz CT molecular complexity index is 548. The van der Waals surface area contributed by atoms with Crippen LogP contribution in [0.25, 0.3) is 0 Å². The Hall–Kier alpha value is -1.24. The molecular weight excluding hydrogens is 278 g/mol. The minimum atomic E-state index is -3.51. The zero-order valence-corrected chi connectivity index (χ0v) is 12.3. The summed E-state index contributed by atoms with van der Waals surface area (Å²) in [6, 6.07) is 4.80. The molecule has 6 heteroatoms. The molecule has 1 fully saturated rings. The van der Waals surface area contributed by atoms with Crippen molar-refractivity contribution < 1.29 is 17.9 Å². The summed E-state index contributed by atoms with van der Waals surface area (Å²) in [5.74, 6) is 0. The van der Waals surface area contributed by atoms with Gasteiger partial charge in [-0.3, -0.25) is 0 Å². The van der Waals surface area contributed by atoms with E-state index in [9.17, 15) is 8.42 Å². The molecule has 2 heterocycles. The fourth-order valence-corrected chi connectivity index (χ4v) is 3.14. The van der Waals surface area contributed by atoms with Crippen molar-refractivity contribution in [3.05, 3.63) is 35.4 Å². The number of hydrogen-bond donors (Lipinski definition) is 0. The lowest BCUT2D eigenvalue weighted by Crippen LogP contribution is -2.23. The van der Waals surface area contributed by atoms with E-state index in [1.807, 2.05) is 0 Å². The average molecular weight is 297 g/mol. The van der Waals surface area contributed by atoms with Crippen molar-refractivity contribution in [2.24, 2.45) is 0 Å². The lowest BCUT2D eigenvalue weighted by atomic mass is 10.2. The van der Waals surface area contributed by atoms with Crippen molar-refractivity contribution in [1.29, 1.82) is 0 Å². The fourth-order valence-electron chi connectivity index (χ4n) is 1.94. The van der Waals surface area contributed by atoms with Crippen molar-refractivity contribution in [3.63, 3.8) is 0 Å². The van der Waals surface area contributed by atoms with Gasteiger partial charge in [0.15, 0.2) is 11.3 Å². The monoisotopic (exact) mass is 297 g/mol. The second-order valence-electron chi connectivity index (χ2n) is 4.78. The molecule has 0 amide bonds. The van der Waals surface area contributed by atoms with Crippen LogP contribution in [0.4, 0.5) is 0 Å². The van der Waals surface area contributed by atoms with Gasteiger partial charge in [0, 0.05) is 18.2 Å². The summed E-state index contributed by atoms with van der Waals surface area (Å²) >= 11 is 0. The van der Waals surface area contributed by atoms with Crippen LogP contribution in [0, 0.1) is 0 Å². The number of aromatic nitrogens is 1. The lowest BCUT2D eigenvalue weighted by molar-refractivity contribution is -0.156. The van der Waals surface area contributed by atoms with Gasteiger partial charge in [0.25, 0.3) is 0 Å². The SMILES string of the molecule is C/C(=C/S(=O)(=O)c1ccccn1)COC1CCCCO1. The third kappa shape index (κ3) is 4.40. The van der Waals surface area contributed by atoms with Crippen molar-refractivity contribution in [1.82, 2.24) is 4.98 Å². The summed E-state index contributed by atoms with van der Waals surface area (Å²) in [7, 11) is -3.51. The standard InChI is InChI=1S/C14H19NO4S/c1-12(10-19-14-7-3-5-9-18-14)11-20(16,17)13-6-2-4-8-15-13/h2,4,6,8,11,14H,3,5,7,9-10H2,1H3/b12-11-. The van der Waals surface area contributed by atoms with Gasteiger partial charge in [0.2, 0.25) is 9.84 Å². The van der Waals surface area contributed by atoms with E-state index in [1.165, 1.54) is 17.7 Å². The Labute approximate surface area is 119 Å². The largest absolute Gasteiger partial charge is 0.353 e. The molecule has 0 saturated carbocycles. The first-order valence-corrected chi connectivity index (χ1v) is 8.19. The van der Waals surface area contributed by atoms with E-state index >= 15 is 0 Å². The van der Waals surface area contributed by atoms with Crippen LogP contribution < -0.4 is 0 Å². The summed E-state index contributed by atoms with van der Waals surface area (Å²) in [5.41, 5.74) is 0.629. The lowest BCUT2D eigenvalue weighted by Gasteiger charge is -2.22. The summed E-state index contributed by atoms with van der Waals surface area (Å²) in [4.78, 5) is 3.86. The topological polar surface area (TPSA) is 65.5 Å². The molecule has 0 spiro atoms. The summed E-state index contributed by atoms with van der Waals surface area (Å²) in [5, 5.41) is 1.26. The van der Waals surface area contributed by atoms with E-state index in [0.29, 0.717) is 12.2 Å². The molecule has 1 saturated heterocycles. The molecule has 0 aromatic carbocycles. The molecule has 0 N–H and O–H groups in total. The van der Waals surface area contributed by atoms with E-state index in [4.69, 9.17) is 9.47 Å². The molecule has 1 aliphatic rings. The van der Waals surface area contributed by atoms with Gasteiger partial charge in [0.05, 0.1) is 6.61 Å². The first-order chi connectivity index (χ1) is 9.58. The molecule has 20 heavy (non-hydrogen) atoms. The highest BCUT2D eigenvalue weighted by molar-refractivity contribution is 7.94. The van der Waals surface area contributed by atoms with Crippen LogP contribution in [-0.4, -0.2) is 32.9 Å². The number of sulfone groups is 1. The number of rotatable bonds is 5. The van der Waals surface area contributed by atoms with E-state index in [-0.39, 0.29) is 17.9 Å². The van der Waals surface area contributed by atoms with Gasteiger partial charge < -0.3 is 9.47 Å². The second kappa shape index (κ2) is 6.97. The highest BCUT2D eigenvalue weighted by Crippen LogP contribution is 2.16. The van der Waals surface area contributed by atoms with Crippen LogP contribution in [-0.2, 0) is 19.3 Å². The van der Waals surface area contributed by atoms with Crippen LogP contribution in [0.5, 0.6) is 0 Å². The van der Waals surface area contributed by atoms with E-state index in [1.54, 1.807) is 19.1 Å². The van der Waals surface area contributed by atoms with Crippen LogP contribution in [0.3, 0.4) is 0 Å². The second-order valence-corrected chi connectivity index (χ2v) is 6.53. The fraction of sp³-hybridized carbons (Fsp3) is 0.500. The average Bonchev–Trinajstić information content (AvgIpc) is 2.47. The predicted molar refractivity (Wildman–Crippen MR) is 74.7 cm³/mol. The van der Waals surface area contributed by atoms with Gasteiger partial charge >= 0.3 is 0 Å². The molecule has 0 bridgehead atoms. The first-order valence-electron chi connectivity index (χ1n) is 6.64. The van der Waals surface area contributed by atoms with Crippen molar-refractivity contribution in [2.45, 2.75) is 37.5 Å². The van der Waals surface area contributed by atoms with Gasteiger partial charge in [-0.2, -0.15) is 0 Å². The molecule has 1 atom stereocenters. The molecule has 5 nitrogen and oxygen atoms in total. The van der Waals surface area contributed by atoms with E-state index < -0.39 is 9.84 Å². The molecule has 0 aliphatic carbocycles. The van der Waals surface area contributed by atoms with Crippen LogP contribution in [0.1, 0.15) is 26.2 Å². The molecule has 1 aromatic heterocycles. The zero-order valence-electron chi connectivity index (χ0n) is 11.5.